The van der Waals surface area contributed by atoms with E-state index in [-0.39, 0.29) is 17.4 Å². The number of rotatable bonds is 6. The van der Waals surface area contributed by atoms with Gasteiger partial charge in [-0.1, -0.05) is 13.8 Å². The molecule has 21 heavy (non-hydrogen) atoms. The van der Waals surface area contributed by atoms with Gasteiger partial charge in [0.05, 0.1) is 11.4 Å². The molecule has 0 radical (unpaired) electrons. The summed E-state index contributed by atoms with van der Waals surface area (Å²) in [6.45, 7) is 6.52. The molecule has 0 unspecified atom stereocenters. The Morgan fingerprint density at radius 2 is 1.76 bits per heavy atom. The Morgan fingerprint density at radius 3 is 2.14 bits per heavy atom. The molecule has 0 saturated heterocycles. The number of primary amides is 1. The minimum atomic E-state index is -3.90. The van der Waals surface area contributed by atoms with E-state index in [2.05, 4.69) is 0 Å². The van der Waals surface area contributed by atoms with Gasteiger partial charge in [0.15, 0.2) is 0 Å². The highest BCUT2D eigenvalue weighted by molar-refractivity contribution is 7.89. The molecular weight excluding hydrogens is 295 g/mol. The fourth-order valence-corrected chi connectivity index (χ4v) is 4.24. The predicted octanol–water partition coefficient (Wildman–Crippen LogP) is 1.57. The van der Waals surface area contributed by atoms with Crippen LogP contribution in [-0.2, 0) is 14.8 Å². The first-order chi connectivity index (χ1) is 9.55. The van der Waals surface area contributed by atoms with Gasteiger partial charge in [-0.25, -0.2) is 12.8 Å². The maximum absolute atomic E-state index is 13.3. The summed E-state index contributed by atoms with van der Waals surface area (Å²) in [5, 5.41) is 0. The van der Waals surface area contributed by atoms with Gasteiger partial charge in [0, 0.05) is 6.54 Å². The van der Waals surface area contributed by atoms with Gasteiger partial charge in [0.1, 0.15) is 5.82 Å². The maximum Gasteiger partial charge on any atom is 0.244 e. The summed E-state index contributed by atoms with van der Waals surface area (Å²) < 4.78 is 39.9. The first kappa shape index (κ1) is 17.6. The van der Waals surface area contributed by atoms with E-state index < -0.39 is 28.3 Å². The molecular formula is C14H21FN2O3S. The standard InChI is InChI=1S/C14H21FN2O3S/c1-9(2)7-17(8-13(16)18)21(19,20)14-10(3)5-12(15)6-11(14)4/h5-6,9H,7-8H2,1-4H3,(H2,16,18). The van der Waals surface area contributed by atoms with Crippen LogP contribution in [0.15, 0.2) is 17.0 Å². The van der Waals surface area contributed by atoms with E-state index in [9.17, 15) is 17.6 Å². The second kappa shape index (κ2) is 6.53. The van der Waals surface area contributed by atoms with E-state index in [0.717, 1.165) is 16.4 Å². The largest absolute Gasteiger partial charge is 0.369 e. The SMILES string of the molecule is Cc1cc(F)cc(C)c1S(=O)(=O)N(CC(N)=O)CC(C)C. The van der Waals surface area contributed by atoms with Crippen LogP contribution in [0.4, 0.5) is 4.39 Å². The van der Waals surface area contributed by atoms with Crippen LogP contribution in [0.25, 0.3) is 0 Å². The second-order valence-corrected chi connectivity index (χ2v) is 7.40. The van der Waals surface area contributed by atoms with Crippen LogP contribution in [0.1, 0.15) is 25.0 Å². The summed E-state index contributed by atoms with van der Waals surface area (Å²) in [5.41, 5.74) is 5.76. The summed E-state index contributed by atoms with van der Waals surface area (Å²) in [6, 6.07) is 2.33. The van der Waals surface area contributed by atoms with Crippen molar-refractivity contribution in [3.05, 3.63) is 29.1 Å². The van der Waals surface area contributed by atoms with Gasteiger partial charge in [-0.15, -0.1) is 0 Å². The third kappa shape index (κ3) is 4.25. The topological polar surface area (TPSA) is 80.5 Å². The van der Waals surface area contributed by atoms with Crippen molar-refractivity contribution in [1.29, 1.82) is 0 Å². The second-order valence-electron chi connectivity index (χ2n) is 5.53. The average molecular weight is 316 g/mol. The van der Waals surface area contributed by atoms with E-state index in [1.54, 1.807) is 0 Å². The average Bonchev–Trinajstić information content (AvgIpc) is 2.24. The fraction of sp³-hybridized carbons (Fsp3) is 0.500. The van der Waals surface area contributed by atoms with Crippen molar-refractivity contribution < 1.29 is 17.6 Å². The van der Waals surface area contributed by atoms with Crippen molar-refractivity contribution in [2.75, 3.05) is 13.1 Å². The number of halogens is 1. The minimum Gasteiger partial charge on any atom is -0.369 e. The fourth-order valence-electron chi connectivity index (χ4n) is 2.26. The lowest BCUT2D eigenvalue weighted by Gasteiger charge is -2.24. The van der Waals surface area contributed by atoms with Gasteiger partial charge in [0.2, 0.25) is 15.9 Å². The summed E-state index contributed by atoms with van der Waals surface area (Å²) >= 11 is 0. The zero-order valence-electron chi connectivity index (χ0n) is 12.7. The monoisotopic (exact) mass is 316 g/mol. The quantitative estimate of drug-likeness (QED) is 0.865. The number of nitrogens with zero attached hydrogens (tertiary/aromatic N) is 1. The van der Waals surface area contributed by atoms with Crippen LogP contribution in [0.3, 0.4) is 0 Å². The van der Waals surface area contributed by atoms with Gasteiger partial charge in [-0.2, -0.15) is 4.31 Å². The van der Waals surface area contributed by atoms with Gasteiger partial charge in [-0.3, -0.25) is 4.79 Å². The number of benzene rings is 1. The normalized spacial score (nSPS) is 12.1. The molecule has 1 rings (SSSR count). The van der Waals surface area contributed by atoms with Crippen molar-refractivity contribution in [2.45, 2.75) is 32.6 Å². The number of nitrogens with two attached hydrogens (primary N) is 1. The molecule has 5 nitrogen and oxygen atoms in total. The van der Waals surface area contributed by atoms with Crippen molar-refractivity contribution in [3.63, 3.8) is 0 Å². The number of aryl methyl sites for hydroxylation is 2. The number of sulfonamides is 1. The van der Waals surface area contributed by atoms with E-state index in [1.165, 1.54) is 13.8 Å². The molecule has 118 valence electrons. The zero-order valence-corrected chi connectivity index (χ0v) is 13.5. The lowest BCUT2D eigenvalue weighted by Crippen LogP contribution is -2.41. The van der Waals surface area contributed by atoms with E-state index in [0.29, 0.717) is 11.1 Å². The van der Waals surface area contributed by atoms with Gasteiger partial charge in [-0.05, 0) is 43.0 Å². The number of carbonyl (C=O) groups is 1. The van der Waals surface area contributed by atoms with Crippen molar-refractivity contribution in [3.8, 4) is 0 Å². The molecule has 0 atom stereocenters. The Balaban J connectivity index is 3.38. The van der Waals surface area contributed by atoms with E-state index >= 15 is 0 Å². The number of amides is 1. The molecule has 2 N–H and O–H groups in total. The summed E-state index contributed by atoms with van der Waals surface area (Å²) in [5.74, 6) is -1.19. The molecule has 0 fully saturated rings. The van der Waals surface area contributed by atoms with Gasteiger partial charge >= 0.3 is 0 Å². The Bertz CT molecular complexity index is 619. The Labute approximate surface area is 125 Å². The molecule has 0 heterocycles. The highest BCUT2D eigenvalue weighted by atomic mass is 32.2. The first-order valence-electron chi connectivity index (χ1n) is 6.61. The number of hydrogen-bond acceptors (Lipinski definition) is 3. The highest BCUT2D eigenvalue weighted by Gasteiger charge is 2.29. The van der Waals surface area contributed by atoms with E-state index in [1.807, 2.05) is 13.8 Å². The molecule has 0 bridgehead atoms. The van der Waals surface area contributed by atoms with Gasteiger partial charge < -0.3 is 5.73 Å². The first-order valence-corrected chi connectivity index (χ1v) is 8.05. The Kier molecular flexibility index (Phi) is 5.47. The molecule has 0 spiro atoms. The molecule has 0 aliphatic rings. The third-order valence-electron chi connectivity index (χ3n) is 2.92. The van der Waals surface area contributed by atoms with Crippen molar-refractivity contribution >= 4 is 15.9 Å². The van der Waals surface area contributed by atoms with Crippen LogP contribution in [0.2, 0.25) is 0 Å². The predicted molar refractivity (Wildman–Crippen MR) is 78.7 cm³/mol. The van der Waals surface area contributed by atoms with Crippen molar-refractivity contribution in [2.24, 2.45) is 11.7 Å². The third-order valence-corrected chi connectivity index (χ3v) is 5.04. The van der Waals surface area contributed by atoms with Crippen LogP contribution in [0.5, 0.6) is 0 Å². The maximum atomic E-state index is 13.3. The van der Waals surface area contributed by atoms with Crippen LogP contribution in [0, 0.1) is 25.6 Å². The molecule has 1 aromatic rings. The number of hydrogen-bond donors (Lipinski definition) is 1. The lowest BCUT2D eigenvalue weighted by atomic mass is 10.1. The molecule has 7 heteroatoms. The Hall–Kier alpha value is -1.47. The molecule has 0 aliphatic carbocycles. The number of carbonyl (C=O) groups excluding carboxylic acids is 1. The minimum absolute atomic E-state index is 0.0279. The molecule has 0 aromatic heterocycles. The van der Waals surface area contributed by atoms with Crippen LogP contribution >= 0.6 is 0 Å². The van der Waals surface area contributed by atoms with E-state index in [4.69, 9.17) is 5.73 Å². The summed E-state index contributed by atoms with van der Waals surface area (Å²) in [6.07, 6.45) is 0. The van der Waals surface area contributed by atoms with Gasteiger partial charge in [0.25, 0.3) is 0 Å². The molecule has 0 aliphatic heterocycles. The lowest BCUT2D eigenvalue weighted by molar-refractivity contribution is -0.118. The summed E-state index contributed by atoms with van der Waals surface area (Å²) in [4.78, 5) is 11.2. The van der Waals surface area contributed by atoms with Crippen LogP contribution in [-0.4, -0.2) is 31.7 Å². The molecule has 0 saturated carbocycles. The Morgan fingerprint density at radius 1 is 1.29 bits per heavy atom. The zero-order chi connectivity index (χ0) is 16.4. The smallest absolute Gasteiger partial charge is 0.244 e. The summed E-state index contributed by atoms with van der Waals surface area (Å²) in [7, 11) is -3.90. The van der Waals surface area contributed by atoms with Crippen LogP contribution < -0.4 is 5.73 Å². The van der Waals surface area contributed by atoms with Crippen molar-refractivity contribution in [1.82, 2.24) is 4.31 Å². The molecule has 1 amide bonds. The molecule has 1 aromatic carbocycles. The highest BCUT2D eigenvalue weighted by Crippen LogP contribution is 2.25.